The number of carbonyl (C=O) groups is 4. The summed E-state index contributed by atoms with van der Waals surface area (Å²) >= 11 is 0. The van der Waals surface area contributed by atoms with Crippen LogP contribution < -0.4 is 10.4 Å². The number of carbonyl (C=O) groups excluding carboxylic acids is 4. The van der Waals surface area contributed by atoms with Crippen LogP contribution in [-0.4, -0.2) is 45.7 Å². The normalized spacial score (nSPS) is 26.6. The summed E-state index contributed by atoms with van der Waals surface area (Å²) in [6.45, 7) is 1.59. The fourth-order valence-electron chi connectivity index (χ4n) is 6.55. The number of amides is 2. The number of para-hydroxylation sites is 1. The minimum atomic E-state index is -1.76. The van der Waals surface area contributed by atoms with E-state index in [9.17, 15) is 34.3 Å². The molecule has 38 heavy (non-hydrogen) atoms. The molecule has 2 aromatic carbocycles. The smallest absolute Gasteiger partial charge is 0.488 e. The summed E-state index contributed by atoms with van der Waals surface area (Å²) in [5.74, 6) is -4.04. The highest BCUT2D eigenvalue weighted by Crippen LogP contribution is 2.56. The van der Waals surface area contributed by atoms with Crippen LogP contribution in [0.4, 0.5) is 5.69 Å². The van der Waals surface area contributed by atoms with E-state index in [1.165, 1.54) is 24.3 Å². The molecule has 6 rings (SSSR count). The molecule has 9 heteroatoms. The van der Waals surface area contributed by atoms with Gasteiger partial charge in [-0.1, -0.05) is 42.0 Å². The lowest BCUT2D eigenvalue weighted by Crippen LogP contribution is -2.40. The van der Waals surface area contributed by atoms with Crippen molar-refractivity contribution in [1.29, 1.82) is 0 Å². The number of nitrogens with zero attached hydrogens (tertiary/aromatic N) is 1. The zero-order valence-electron chi connectivity index (χ0n) is 20.5. The number of imide groups is 1. The van der Waals surface area contributed by atoms with Crippen LogP contribution in [0.1, 0.15) is 31.2 Å². The summed E-state index contributed by atoms with van der Waals surface area (Å²) in [7, 11) is -1.76. The van der Waals surface area contributed by atoms with Gasteiger partial charge in [0, 0.05) is 28.2 Å². The van der Waals surface area contributed by atoms with E-state index in [-0.39, 0.29) is 47.2 Å². The third-order valence-corrected chi connectivity index (χ3v) is 8.24. The molecule has 2 aromatic rings. The first-order valence-corrected chi connectivity index (χ1v) is 12.5. The summed E-state index contributed by atoms with van der Waals surface area (Å²) < 4.78 is 0. The standard InChI is InChI=1S/C29H24BNO7/c1-14-11-23(33)26-21(27(14)34)13-20-17(24(26)18-7-2-3-8-22(18)32)9-10-19-25(20)29(36)31(28(19)35)16-6-4-5-15(12-16)30(37)38/h2-9,11-12,19-20,24-25,32,37-38H,10,13H2,1H3/t19-,20+,24+,25-/m0/s1. The molecule has 3 aliphatic carbocycles. The number of hydrogen-bond donors (Lipinski definition) is 3. The number of phenols is 1. The lowest BCUT2D eigenvalue weighted by Gasteiger charge is -2.42. The number of Topliss-reactive ketones (excluding diaryl/α,β-unsaturated/α-hetero) is 1. The van der Waals surface area contributed by atoms with E-state index in [0.29, 0.717) is 22.3 Å². The maximum Gasteiger partial charge on any atom is 0.488 e. The van der Waals surface area contributed by atoms with Crippen LogP contribution in [0.3, 0.4) is 0 Å². The predicted octanol–water partition coefficient (Wildman–Crippen LogP) is 1.71. The molecule has 190 valence electrons. The third kappa shape index (κ3) is 3.46. The molecule has 1 saturated heterocycles. The van der Waals surface area contributed by atoms with Crippen molar-refractivity contribution in [3.8, 4) is 5.75 Å². The first-order valence-electron chi connectivity index (χ1n) is 12.5. The molecule has 0 aromatic heterocycles. The van der Waals surface area contributed by atoms with Gasteiger partial charge in [-0.25, -0.2) is 0 Å². The second-order valence-corrected chi connectivity index (χ2v) is 10.3. The van der Waals surface area contributed by atoms with Gasteiger partial charge in [-0.3, -0.25) is 24.1 Å². The molecule has 0 unspecified atom stereocenters. The van der Waals surface area contributed by atoms with Crippen LogP contribution in [0.15, 0.2) is 83.0 Å². The van der Waals surface area contributed by atoms with Crippen molar-refractivity contribution in [1.82, 2.24) is 0 Å². The summed E-state index contributed by atoms with van der Waals surface area (Å²) in [5, 5.41) is 29.9. The average molecular weight is 509 g/mol. The van der Waals surface area contributed by atoms with Crippen molar-refractivity contribution in [3.63, 3.8) is 0 Å². The van der Waals surface area contributed by atoms with Gasteiger partial charge in [-0.2, -0.15) is 0 Å². The number of aromatic hydroxyl groups is 1. The highest BCUT2D eigenvalue weighted by atomic mass is 16.4. The van der Waals surface area contributed by atoms with Gasteiger partial charge in [0.05, 0.1) is 17.5 Å². The van der Waals surface area contributed by atoms with Gasteiger partial charge in [0.25, 0.3) is 0 Å². The van der Waals surface area contributed by atoms with Gasteiger partial charge in [-0.05, 0) is 55.4 Å². The molecule has 1 aliphatic heterocycles. The predicted molar refractivity (Wildman–Crippen MR) is 138 cm³/mol. The largest absolute Gasteiger partial charge is 0.508 e. The van der Waals surface area contributed by atoms with Crippen LogP contribution >= 0.6 is 0 Å². The Bertz CT molecular complexity index is 1530. The topological polar surface area (TPSA) is 132 Å². The Kier molecular flexibility index (Phi) is 5.59. The molecular formula is C29H24BNO7. The Morgan fingerprint density at radius 2 is 1.71 bits per heavy atom. The quantitative estimate of drug-likeness (QED) is 0.248. The summed E-state index contributed by atoms with van der Waals surface area (Å²) in [4.78, 5) is 55.1. The van der Waals surface area contributed by atoms with E-state index in [2.05, 4.69) is 0 Å². The van der Waals surface area contributed by atoms with E-state index in [1.54, 1.807) is 37.3 Å². The second kappa shape index (κ2) is 8.75. The van der Waals surface area contributed by atoms with Gasteiger partial charge in [-0.15, -0.1) is 0 Å². The molecule has 8 nitrogen and oxygen atoms in total. The van der Waals surface area contributed by atoms with Gasteiger partial charge in [0.2, 0.25) is 11.8 Å². The molecule has 3 N–H and O–H groups in total. The first kappa shape index (κ1) is 24.3. The first-order chi connectivity index (χ1) is 18.2. The van der Waals surface area contributed by atoms with E-state index in [0.717, 1.165) is 10.5 Å². The maximum atomic E-state index is 13.9. The van der Waals surface area contributed by atoms with Gasteiger partial charge < -0.3 is 15.2 Å². The van der Waals surface area contributed by atoms with Crippen molar-refractivity contribution < 1.29 is 34.3 Å². The Morgan fingerprint density at radius 3 is 2.45 bits per heavy atom. The highest BCUT2D eigenvalue weighted by molar-refractivity contribution is 6.58. The average Bonchev–Trinajstić information content (AvgIpc) is 3.16. The SMILES string of the molecule is CC1=CC(=O)C2=C(C[C@@H]3C(=CC[C@@H]4C(=O)N(c5cccc(B(O)O)c5)C(=O)[C@@H]43)[C@@H]2c2ccccc2O)C1=O. The number of allylic oxidation sites excluding steroid dienone is 6. The number of rotatable bonds is 3. The molecule has 4 atom stereocenters. The fraction of sp³-hybridized carbons (Fsp3) is 0.241. The van der Waals surface area contributed by atoms with Crippen molar-refractivity contribution in [2.24, 2.45) is 17.8 Å². The van der Waals surface area contributed by atoms with E-state index in [4.69, 9.17) is 0 Å². The number of anilines is 1. The third-order valence-electron chi connectivity index (χ3n) is 8.24. The molecule has 4 aliphatic rings. The molecule has 1 heterocycles. The zero-order valence-corrected chi connectivity index (χ0v) is 20.5. The van der Waals surface area contributed by atoms with Crippen LogP contribution in [0, 0.1) is 17.8 Å². The summed E-state index contributed by atoms with van der Waals surface area (Å²) in [5.41, 5.74) is 2.59. The van der Waals surface area contributed by atoms with Crippen LogP contribution in [0.2, 0.25) is 0 Å². The van der Waals surface area contributed by atoms with Crippen molar-refractivity contribution in [3.05, 3.63) is 88.5 Å². The summed E-state index contributed by atoms with van der Waals surface area (Å²) in [6, 6.07) is 12.6. The molecule has 1 fully saturated rings. The van der Waals surface area contributed by atoms with Crippen LogP contribution in [-0.2, 0) is 19.2 Å². The molecular weight excluding hydrogens is 485 g/mol. The number of phenolic OH excluding ortho intramolecular Hbond substituents is 1. The maximum absolute atomic E-state index is 13.9. The Labute approximate surface area is 218 Å². The second-order valence-electron chi connectivity index (χ2n) is 10.3. The van der Waals surface area contributed by atoms with E-state index >= 15 is 0 Å². The number of hydrogen-bond acceptors (Lipinski definition) is 7. The van der Waals surface area contributed by atoms with Gasteiger partial charge >= 0.3 is 7.12 Å². The molecule has 2 amide bonds. The minimum absolute atomic E-state index is 0.0191. The Hall–Kier alpha value is -4.08. The van der Waals surface area contributed by atoms with Gasteiger partial charge in [0.1, 0.15) is 5.75 Å². The fourth-order valence-corrected chi connectivity index (χ4v) is 6.55. The van der Waals surface area contributed by atoms with Crippen LogP contribution in [0.25, 0.3) is 0 Å². The lowest BCUT2D eigenvalue weighted by molar-refractivity contribution is -0.123. The molecule has 0 spiro atoms. The number of fused-ring (bicyclic) bond motifs is 3. The van der Waals surface area contributed by atoms with Crippen molar-refractivity contribution in [2.45, 2.75) is 25.7 Å². The number of ketones is 2. The molecule has 0 radical (unpaired) electrons. The monoisotopic (exact) mass is 509 g/mol. The van der Waals surface area contributed by atoms with E-state index < -0.39 is 36.7 Å². The minimum Gasteiger partial charge on any atom is -0.508 e. The van der Waals surface area contributed by atoms with E-state index in [1.807, 2.05) is 6.08 Å². The molecule has 0 bridgehead atoms. The highest BCUT2D eigenvalue weighted by Gasteiger charge is 2.56. The van der Waals surface area contributed by atoms with Gasteiger partial charge in [0.15, 0.2) is 11.6 Å². The Balaban J connectivity index is 1.48. The number of benzene rings is 2. The van der Waals surface area contributed by atoms with Crippen LogP contribution in [0.5, 0.6) is 5.75 Å². The van der Waals surface area contributed by atoms with Crippen molar-refractivity contribution >= 4 is 41.6 Å². The molecule has 0 saturated carbocycles. The van der Waals surface area contributed by atoms with Crippen molar-refractivity contribution in [2.75, 3.05) is 4.90 Å². The zero-order chi connectivity index (χ0) is 26.9. The Morgan fingerprint density at radius 1 is 0.947 bits per heavy atom. The lowest BCUT2D eigenvalue weighted by atomic mass is 9.59. The summed E-state index contributed by atoms with van der Waals surface area (Å²) in [6.07, 6.45) is 3.63.